The Balaban J connectivity index is 1.82. The van der Waals surface area contributed by atoms with Gasteiger partial charge < -0.3 is 4.90 Å². The molecular formula is C23H23NO3. The molecule has 1 aliphatic carbocycles. The Bertz CT molecular complexity index is 890. The van der Waals surface area contributed by atoms with Crippen LogP contribution in [0.15, 0.2) is 54.6 Å². The van der Waals surface area contributed by atoms with Crippen LogP contribution < -0.4 is 4.90 Å². The minimum Gasteiger partial charge on any atom is -0.315 e. The lowest BCUT2D eigenvalue weighted by molar-refractivity contribution is -0.127. The number of carbonyl (C=O) groups is 3. The highest BCUT2D eigenvalue weighted by Crippen LogP contribution is 2.46. The standard InChI is InChI=1S/C23H23NO3/c1-24-18-13-7-5-11-16(18)21(23(24)27)20(17-12-6-8-14-19(17)25)22(26)15-9-3-2-4-10-15/h2-5,7,9-11,13,17,20-21H,6,8,12,14H2,1H3/t17-,20+,21+/m1/s1. The Labute approximate surface area is 159 Å². The van der Waals surface area contributed by atoms with Crippen LogP contribution >= 0.6 is 0 Å². The van der Waals surface area contributed by atoms with Gasteiger partial charge in [-0.2, -0.15) is 0 Å². The molecule has 0 aromatic heterocycles. The van der Waals surface area contributed by atoms with Crippen molar-refractivity contribution in [2.24, 2.45) is 11.8 Å². The minimum absolute atomic E-state index is 0.0937. The van der Waals surface area contributed by atoms with Crippen molar-refractivity contribution >= 4 is 23.2 Å². The molecule has 0 unspecified atom stereocenters. The molecule has 0 radical (unpaired) electrons. The highest BCUT2D eigenvalue weighted by atomic mass is 16.2. The fourth-order valence-corrected chi connectivity index (χ4v) is 4.61. The number of anilines is 1. The molecule has 4 rings (SSSR count). The number of fused-ring (bicyclic) bond motifs is 1. The zero-order valence-corrected chi connectivity index (χ0v) is 15.4. The molecule has 4 heteroatoms. The zero-order valence-electron chi connectivity index (χ0n) is 15.4. The van der Waals surface area contributed by atoms with Gasteiger partial charge in [-0.25, -0.2) is 0 Å². The average molecular weight is 361 g/mol. The molecule has 4 nitrogen and oxygen atoms in total. The van der Waals surface area contributed by atoms with Gasteiger partial charge in [0.2, 0.25) is 5.91 Å². The van der Waals surface area contributed by atoms with Crippen molar-refractivity contribution in [1.82, 2.24) is 0 Å². The van der Waals surface area contributed by atoms with Gasteiger partial charge in [0.15, 0.2) is 5.78 Å². The van der Waals surface area contributed by atoms with Gasteiger partial charge >= 0.3 is 0 Å². The first-order chi connectivity index (χ1) is 13.1. The minimum atomic E-state index is -0.640. The van der Waals surface area contributed by atoms with E-state index in [2.05, 4.69) is 0 Å². The molecule has 0 bridgehead atoms. The second-order valence-electron chi connectivity index (χ2n) is 7.51. The van der Waals surface area contributed by atoms with Crippen molar-refractivity contribution in [3.05, 3.63) is 65.7 Å². The smallest absolute Gasteiger partial charge is 0.235 e. The van der Waals surface area contributed by atoms with Crippen molar-refractivity contribution in [2.75, 3.05) is 11.9 Å². The van der Waals surface area contributed by atoms with Gasteiger partial charge in [-0.3, -0.25) is 14.4 Å². The third-order valence-corrected chi connectivity index (χ3v) is 5.99. The second kappa shape index (κ2) is 7.10. The third-order valence-electron chi connectivity index (χ3n) is 5.99. The normalized spacial score (nSPS) is 23.2. The van der Waals surface area contributed by atoms with Crippen LogP contribution in [0, 0.1) is 11.8 Å². The molecule has 0 spiro atoms. The van der Waals surface area contributed by atoms with Crippen LogP contribution in [0.25, 0.3) is 0 Å². The molecule has 27 heavy (non-hydrogen) atoms. The van der Waals surface area contributed by atoms with Gasteiger partial charge in [0.25, 0.3) is 0 Å². The molecule has 1 aliphatic heterocycles. The van der Waals surface area contributed by atoms with E-state index in [0.717, 1.165) is 24.1 Å². The molecule has 0 saturated heterocycles. The quantitative estimate of drug-likeness (QED) is 0.773. The molecule has 3 atom stereocenters. The third kappa shape index (κ3) is 2.99. The summed E-state index contributed by atoms with van der Waals surface area (Å²) >= 11 is 0. The summed E-state index contributed by atoms with van der Waals surface area (Å²) in [6, 6.07) is 16.7. The predicted octanol–water partition coefficient (Wildman–Crippen LogP) is 4.01. The van der Waals surface area contributed by atoms with Crippen molar-refractivity contribution in [1.29, 1.82) is 0 Å². The fraction of sp³-hybridized carbons (Fsp3) is 0.348. The Kier molecular flexibility index (Phi) is 4.65. The Morgan fingerprint density at radius 2 is 1.70 bits per heavy atom. The number of Topliss-reactive ketones (excluding diaryl/α,β-unsaturated/α-hetero) is 2. The van der Waals surface area contributed by atoms with Crippen LogP contribution in [0.1, 0.15) is 47.5 Å². The van der Waals surface area contributed by atoms with E-state index in [4.69, 9.17) is 0 Å². The number of likely N-dealkylation sites (N-methyl/N-ethyl adjacent to an activating group) is 1. The van der Waals surface area contributed by atoms with E-state index in [-0.39, 0.29) is 23.4 Å². The number of hydrogen-bond acceptors (Lipinski definition) is 3. The van der Waals surface area contributed by atoms with Gasteiger partial charge in [0.1, 0.15) is 5.78 Å². The average Bonchev–Trinajstić information content (AvgIpc) is 2.96. The number of para-hydroxylation sites is 1. The molecule has 1 heterocycles. The second-order valence-corrected chi connectivity index (χ2v) is 7.51. The highest BCUT2D eigenvalue weighted by Gasteiger charge is 2.48. The summed E-state index contributed by atoms with van der Waals surface area (Å²) in [7, 11) is 1.74. The lowest BCUT2D eigenvalue weighted by Gasteiger charge is -2.31. The van der Waals surface area contributed by atoms with Crippen LogP contribution in [0.3, 0.4) is 0 Å². The molecule has 2 aromatic rings. The van der Waals surface area contributed by atoms with Crippen LogP contribution in [0.4, 0.5) is 5.69 Å². The zero-order chi connectivity index (χ0) is 19.0. The largest absolute Gasteiger partial charge is 0.315 e. The molecular weight excluding hydrogens is 338 g/mol. The molecule has 1 saturated carbocycles. The molecule has 0 N–H and O–H groups in total. The summed E-state index contributed by atoms with van der Waals surface area (Å²) in [4.78, 5) is 41.0. The molecule has 2 aliphatic rings. The lowest BCUT2D eigenvalue weighted by Crippen LogP contribution is -2.40. The van der Waals surface area contributed by atoms with Gasteiger partial charge in [0, 0.05) is 36.6 Å². The maximum Gasteiger partial charge on any atom is 0.235 e. The number of benzene rings is 2. The number of nitrogens with zero attached hydrogens (tertiary/aromatic N) is 1. The SMILES string of the molecule is CN1C(=O)[C@H]([C@@H](C(=O)c2ccccc2)[C@@H]2CCCCC2=O)c2ccccc21. The van der Waals surface area contributed by atoms with Gasteiger partial charge in [-0.15, -0.1) is 0 Å². The van der Waals surface area contributed by atoms with Gasteiger partial charge in [-0.1, -0.05) is 55.0 Å². The molecule has 138 valence electrons. The van der Waals surface area contributed by atoms with Gasteiger partial charge in [0.05, 0.1) is 5.92 Å². The fourth-order valence-electron chi connectivity index (χ4n) is 4.61. The monoisotopic (exact) mass is 361 g/mol. The van der Waals surface area contributed by atoms with Crippen LogP contribution in [-0.2, 0) is 9.59 Å². The number of rotatable bonds is 4. The van der Waals surface area contributed by atoms with Crippen LogP contribution in [0.2, 0.25) is 0 Å². The number of hydrogen-bond donors (Lipinski definition) is 0. The molecule has 1 fully saturated rings. The van der Waals surface area contributed by atoms with Crippen molar-refractivity contribution < 1.29 is 14.4 Å². The summed E-state index contributed by atoms with van der Waals surface area (Å²) < 4.78 is 0. The van der Waals surface area contributed by atoms with E-state index in [1.807, 2.05) is 42.5 Å². The summed E-state index contributed by atoms with van der Waals surface area (Å²) in [5.41, 5.74) is 2.26. The molecule has 2 aromatic carbocycles. The van der Waals surface area contributed by atoms with Crippen molar-refractivity contribution in [3.63, 3.8) is 0 Å². The number of ketones is 2. The maximum atomic E-state index is 13.5. The van der Waals surface area contributed by atoms with Crippen LogP contribution in [-0.4, -0.2) is 24.5 Å². The van der Waals surface area contributed by atoms with Gasteiger partial charge in [-0.05, 0) is 24.5 Å². The topological polar surface area (TPSA) is 54.5 Å². The van der Waals surface area contributed by atoms with Crippen molar-refractivity contribution in [2.45, 2.75) is 31.6 Å². The van der Waals surface area contributed by atoms with E-state index in [1.54, 1.807) is 24.1 Å². The van der Waals surface area contributed by atoms with E-state index in [9.17, 15) is 14.4 Å². The van der Waals surface area contributed by atoms with E-state index in [1.165, 1.54) is 0 Å². The first kappa shape index (κ1) is 17.7. The number of carbonyl (C=O) groups excluding carboxylic acids is 3. The maximum absolute atomic E-state index is 13.5. The first-order valence-electron chi connectivity index (χ1n) is 9.58. The summed E-state index contributed by atoms with van der Waals surface area (Å²) in [5, 5.41) is 0. The summed E-state index contributed by atoms with van der Waals surface area (Å²) in [6.45, 7) is 0. The van der Waals surface area contributed by atoms with Crippen LogP contribution in [0.5, 0.6) is 0 Å². The molecule has 1 amide bonds. The van der Waals surface area contributed by atoms with E-state index < -0.39 is 11.8 Å². The summed E-state index contributed by atoms with van der Waals surface area (Å²) in [5.74, 6) is -1.69. The van der Waals surface area contributed by atoms with E-state index in [0.29, 0.717) is 18.4 Å². The Hall–Kier alpha value is -2.75. The number of amides is 1. The Morgan fingerprint density at radius 1 is 1.00 bits per heavy atom. The first-order valence-corrected chi connectivity index (χ1v) is 9.58. The van der Waals surface area contributed by atoms with Crippen molar-refractivity contribution in [3.8, 4) is 0 Å². The lowest BCUT2D eigenvalue weighted by atomic mass is 9.69. The summed E-state index contributed by atoms with van der Waals surface area (Å²) in [6.07, 6.45) is 2.98. The van der Waals surface area contributed by atoms with E-state index >= 15 is 0 Å². The Morgan fingerprint density at radius 3 is 2.44 bits per heavy atom. The highest BCUT2D eigenvalue weighted by molar-refractivity contribution is 6.11. The predicted molar refractivity (Wildman–Crippen MR) is 104 cm³/mol.